The van der Waals surface area contributed by atoms with Crippen molar-refractivity contribution in [3.05, 3.63) is 28.2 Å². The first-order valence-corrected chi connectivity index (χ1v) is 6.73. The summed E-state index contributed by atoms with van der Waals surface area (Å²) in [5.74, 6) is 0.287. The average Bonchev–Trinajstić information content (AvgIpc) is 2.40. The highest BCUT2D eigenvalue weighted by molar-refractivity contribution is 6.16. The fourth-order valence-corrected chi connectivity index (χ4v) is 1.96. The van der Waals surface area contributed by atoms with E-state index in [4.69, 9.17) is 16.3 Å². The Labute approximate surface area is 117 Å². The standard InChI is InChI=1S/C13H19ClN2O3/c1-4-16(5-2)13(18)9-19-12-8-15(3)10(7-14)6-11(12)17/h6,8H,4-5,7,9H2,1-3H3. The number of aryl methyl sites for hydroxylation is 1. The zero-order valence-corrected chi connectivity index (χ0v) is 12.2. The van der Waals surface area contributed by atoms with Crippen LogP contribution >= 0.6 is 11.6 Å². The summed E-state index contributed by atoms with van der Waals surface area (Å²) >= 11 is 5.70. The first-order chi connectivity index (χ1) is 9.03. The van der Waals surface area contributed by atoms with E-state index in [9.17, 15) is 9.59 Å². The molecule has 0 fully saturated rings. The lowest BCUT2D eigenvalue weighted by molar-refractivity contribution is -0.133. The Balaban J connectivity index is 2.76. The van der Waals surface area contributed by atoms with E-state index < -0.39 is 0 Å². The Kier molecular flexibility index (Phi) is 5.89. The molecule has 1 heterocycles. The molecule has 6 heteroatoms. The van der Waals surface area contributed by atoms with Gasteiger partial charge in [-0.2, -0.15) is 0 Å². The van der Waals surface area contributed by atoms with Crippen LogP contribution in [0.2, 0.25) is 0 Å². The minimum absolute atomic E-state index is 0.128. The van der Waals surface area contributed by atoms with E-state index in [0.717, 1.165) is 0 Å². The summed E-state index contributed by atoms with van der Waals surface area (Å²) in [7, 11) is 1.77. The van der Waals surface area contributed by atoms with Crippen molar-refractivity contribution >= 4 is 17.5 Å². The largest absolute Gasteiger partial charge is 0.478 e. The number of carbonyl (C=O) groups is 1. The second-order valence-corrected chi connectivity index (χ2v) is 4.36. The predicted molar refractivity (Wildman–Crippen MR) is 74.7 cm³/mol. The number of likely N-dealkylation sites (N-methyl/N-ethyl adjacent to an activating group) is 1. The maximum absolute atomic E-state index is 11.8. The molecule has 1 amide bonds. The molecular weight excluding hydrogens is 268 g/mol. The summed E-state index contributed by atoms with van der Waals surface area (Å²) in [5.41, 5.74) is 0.440. The molecule has 0 aromatic carbocycles. The van der Waals surface area contributed by atoms with Gasteiger partial charge in [-0.25, -0.2) is 0 Å². The van der Waals surface area contributed by atoms with E-state index in [-0.39, 0.29) is 29.6 Å². The third kappa shape index (κ3) is 3.99. The van der Waals surface area contributed by atoms with Crippen molar-refractivity contribution in [1.29, 1.82) is 0 Å². The molecular formula is C13H19ClN2O3. The molecule has 0 aliphatic rings. The van der Waals surface area contributed by atoms with Crippen LogP contribution in [0.4, 0.5) is 0 Å². The lowest BCUT2D eigenvalue weighted by atomic mass is 10.3. The van der Waals surface area contributed by atoms with E-state index in [2.05, 4.69) is 0 Å². The van der Waals surface area contributed by atoms with Gasteiger partial charge in [0.25, 0.3) is 5.91 Å². The molecule has 0 spiro atoms. The van der Waals surface area contributed by atoms with Crippen molar-refractivity contribution in [3.63, 3.8) is 0 Å². The van der Waals surface area contributed by atoms with Crippen LogP contribution in [-0.4, -0.2) is 35.1 Å². The highest BCUT2D eigenvalue weighted by Gasteiger charge is 2.12. The number of aromatic nitrogens is 1. The van der Waals surface area contributed by atoms with Crippen LogP contribution in [0.5, 0.6) is 5.75 Å². The molecule has 0 saturated heterocycles. The van der Waals surface area contributed by atoms with Crippen LogP contribution in [0.3, 0.4) is 0 Å². The molecule has 0 aliphatic heterocycles. The topological polar surface area (TPSA) is 51.5 Å². The van der Waals surface area contributed by atoms with Gasteiger partial charge < -0.3 is 14.2 Å². The van der Waals surface area contributed by atoms with Crippen LogP contribution < -0.4 is 10.2 Å². The second-order valence-electron chi connectivity index (χ2n) is 4.09. The number of hydrogen-bond donors (Lipinski definition) is 0. The summed E-state index contributed by atoms with van der Waals surface area (Å²) in [6.07, 6.45) is 1.55. The fraction of sp³-hybridized carbons (Fsp3) is 0.538. The molecule has 0 atom stereocenters. The Hall–Kier alpha value is -1.49. The monoisotopic (exact) mass is 286 g/mol. The number of amides is 1. The SMILES string of the molecule is CCN(CC)C(=O)COc1cn(C)c(CCl)cc1=O. The molecule has 5 nitrogen and oxygen atoms in total. The van der Waals surface area contributed by atoms with Gasteiger partial charge in [-0.3, -0.25) is 9.59 Å². The smallest absolute Gasteiger partial charge is 0.260 e. The summed E-state index contributed by atoms with van der Waals surface area (Å²) in [4.78, 5) is 25.2. The number of halogens is 1. The molecule has 1 aromatic heterocycles. The maximum atomic E-state index is 11.8. The van der Waals surface area contributed by atoms with Gasteiger partial charge in [-0.1, -0.05) is 0 Å². The van der Waals surface area contributed by atoms with Crippen molar-refractivity contribution in [1.82, 2.24) is 9.47 Å². The third-order valence-corrected chi connectivity index (χ3v) is 3.18. The number of carbonyl (C=O) groups excluding carboxylic acids is 1. The zero-order chi connectivity index (χ0) is 14.4. The summed E-state index contributed by atoms with van der Waals surface area (Å²) in [6.45, 7) is 4.92. The summed E-state index contributed by atoms with van der Waals surface area (Å²) in [5, 5.41) is 0. The highest BCUT2D eigenvalue weighted by Crippen LogP contribution is 2.07. The Bertz CT molecular complexity index is 495. The lowest BCUT2D eigenvalue weighted by Gasteiger charge is -2.18. The maximum Gasteiger partial charge on any atom is 0.260 e. The van der Waals surface area contributed by atoms with E-state index in [1.54, 1.807) is 22.7 Å². The minimum atomic E-state index is -0.263. The van der Waals surface area contributed by atoms with Crippen molar-refractivity contribution in [2.24, 2.45) is 7.05 Å². The lowest BCUT2D eigenvalue weighted by Crippen LogP contribution is -2.35. The quantitative estimate of drug-likeness (QED) is 0.742. The van der Waals surface area contributed by atoms with Crippen LogP contribution in [0, 0.1) is 0 Å². The molecule has 0 unspecified atom stereocenters. The second kappa shape index (κ2) is 7.19. The van der Waals surface area contributed by atoms with Gasteiger partial charge in [-0.05, 0) is 13.8 Å². The Morgan fingerprint density at radius 3 is 2.58 bits per heavy atom. The number of hydrogen-bond acceptors (Lipinski definition) is 3. The Morgan fingerprint density at radius 1 is 1.42 bits per heavy atom. The van der Waals surface area contributed by atoms with E-state index >= 15 is 0 Å². The van der Waals surface area contributed by atoms with E-state index in [0.29, 0.717) is 18.8 Å². The number of ether oxygens (including phenoxy) is 1. The van der Waals surface area contributed by atoms with E-state index in [1.807, 2.05) is 13.8 Å². The van der Waals surface area contributed by atoms with Crippen molar-refractivity contribution in [3.8, 4) is 5.75 Å². The van der Waals surface area contributed by atoms with Crippen LogP contribution in [0.25, 0.3) is 0 Å². The molecule has 1 aromatic rings. The number of alkyl halides is 1. The fourth-order valence-electron chi connectivity index (χ4n) is 1.70. The van der Waals surface area contributed by atoms with Crippen molar-refractivity contribution in [2.45, 2.75) is 19.7 Å². The van der Waals surface area contributed by atoms with Gasteiger partial charge in [0.1, 0.15) is 0 Å². The molecule has 0 bridgehead atoms. The first-order valence-electron chi connectivity index (χ1n) is 6.19. The molecule has 19 heavy (non-hydrogen) atoms. The summed E-state index contributed by atoms with van der Waals surface area (Å²) in [6, 6.07) is 1.42. The molecule has 106 valence electrons. The van der Waals surface area contributed by atoms with E-state index in [1.165, 1.54) is 6.07 Å². The van der Waals surface area contributed by atoms with Gasteiger partial charge in [0.05, 0.1) is 12.1 Å². The highest BCUT2D eigenvalue weighted by atomic mass is 35.5. The molecule has 0 N–H and O–H groups in total. The zero-order valence-electron chi connectivity index (χ0n) is 11.5. The number of pyridine rings is 1. The molecule has 0 aliphatic carbocycles. The van der Waals surface area contributed by atoms with Crippen molar-refractivity contribution in [2.75, 3.05) is 19.7 Å². The van der Waals surface area contributed by atoms with Crippen molar-refractivity contribution < 1.29 is 9.53 Å². The number of rotatable bonds is 6. The van der Waals surface area contributed by atoms with Gasteiger partial charge in [0.15, 0.2) is 12.4 Å². The molecule has 0 radical (unpaired) electrons. The van der Waals surface area contributed by atoms with Gasteiger partial charge in [0.2, 0.25) is 5.43 Å². The third-order valence-electron chi connectivity index (χ3n) is 2.91. The van der Waals surface area contributed by atoms with Crippen LogP contribution in [-0.2, 0) is 17.7 Å². The number of nitrogens with zero attached hydrogens (tertiary/aromatic N) is 2. The van der Waals surface area contributed by atoms with Gasteiger partial charge in [0, 0.05) is 31.9 Å². The average molecular weight is 287 g/mol. The molecule has 0 saturated carbocycles. The molecule has 1 rings (SSSR count). The Morgan fingerprint density at radius 2 is 2.05 bits per heavy atom. The van der Waals surface area contributed by atoms with Gasteiger partial charge in [-0.15, -0.1) is 11.6 Å². The van der Waals surface area contributed by atoms with Crippen LogP contribution in [0.15, 0.2) is 17.1 Å². The normalized spacial score (nSPS) is 10.3. The minimum Gasteiger partial charge on any atom is -0.478 e. The van der Waals surface area contributed by atoms with Gasteiger partial charge >= 0.3 is 0 Å². The van der Waals surface area contributed by atoms with Crippen LogP contribution in [0.1, 0.15) is 19.5 Å². The summed E-state index contributed by atoms with van der Waals surface area (Å²) < 4.78 is 7.01. The predicted octanol–water partition coefficient (Wildman–Crippen LogP) is 1.37. The first kappa shape index (κ1) is 15.6.